The maximum absolute atomic E-state index is 14.5. The molecule has 0 aliphatic carbocycles. The third-order valence-electron chi connectivity index (χ3n) is 7.42. The summed E-state index contributed by atoms with van der Waals surface area (Å²) < 4.78 is 26.0. The molecule has 2 aliphatic rings. The van der Waals surface area contributed by atoms with Crippen LogP contribution in [0, 0.1) is 5.82 Å². The lowest BCUT2D eigenvalue weighted by molar-refractivity contribution is -0.143. The van der Waals surface area contributed by atoms with E-state index in [4.69, 9.17) is 14.5 Å². The van der Waals surface area contributed by atoms with E-state index >= 15 is 0 Å². The quantitative estimate of drug-likeness (QED) is 0.371. The van der Waals surface area contributed by atoms with Crippen molar-refractivity contribution in [2.45, 2.75) is 76.9 Å². The van der Waals surface area contributed by atoms with Crippen molar-refractivity contribution in [2.75, 3.05) is 38.7 Å². The Hall–Kier alpha value is -2.71. The van der Waals surface area contributed by atoms with Crippen LogP contribution in [0.2, 0.25) is 0 Å². The normalized spacial score (nSPS) is 18.5. The summed E-state index contributed by atoms with van der Waals surface area (Å²) in [5.74, 6) is -0.0831. The van der Waals surface area contributed by atoms with Gasteiger partial charge in [-0.05, 0) is 67.7 Å². The predicted octanol–water partition coefficient (Wildman–Crippen LogP) is 5.34. The summed E-state index contributed by atoms with van der Waals surface area (Å²) in [4.78, 5) is 19.0. The van der Waals surface area contributed by atoms with Gasteiger partial charge in [-0.2, -0.15) is 0 Å². The van der Waals surface area contributed by atoms with Crippen LogP contribution >= 0.6 is 0 Å². The number of pyridine rings is 1. The fourth-order valence-corrected chi connectivity index (χ4v) is 5.38. The lowest BCUT2D eigenvalue weighted by Crippen LogP contribution is -2.34. The zero-order valence-electron chi connectivity index (χ0n) is 22.3. The number of unbranched alkanes of at least 4 members (excludes halogenated alkanes) is 2. The highest BCUT2D eigenvalue weighted by Gasteiger charge is 2.36. The monoisotopic (exact) mass is 513 g/mol. The number of aryl methyl sites for hydroxylation is 2. The van der Waals surface area contributed by atoms with E-state index < -0.39 is 12.0 Å². The Morgan fingerprint density at radius 3 is 2.84 bits per heavy atom. The topological polar surface area (TPSA) is 83.9 Å². The molecule has 2 atom stereocenters. The zero-order valence-corrected chi connectivity index (χ0v) is 22.3. The van der Waals surface area contributed by atoms with Crippen molar-refractivity contribution >= 4 is 11.8 Å². The smallest absolute Gasteiger partial charge is 0.325 e. The number of aromatic nitrogens is 1. The molecule has 0 amide bonds. The number of hydrogen-bond donors (Lipinski definition) is 2. The summed E-state index contributed by atoms with van der Waals surface area (Å²) in [6, 6.07) is 6.41. The van der Waals surface area contributed by atoms with Gasteiger partial charge in [-0.15, -0.1) is 0 Å². The van der Waals surface area contributed by atoms with Gasteiger partial charge in [0.05, 0.1) is 13.2 Å². The molecule has 0 radical (unpaired) electrons. The van der Waals surface area contributed by atoms with Gasteiger partial charge in [0.2, 0.25) is 0 Å². The van der Waals surface area contributed by atoms with Crippen LogP contribution in [0.4, 0.5) is 10.2 Å². The van der Waals surface area contributed by atoms with Crippen LogP contribution in [0.5, 0.6) is 5.75 Å². The van der Waals surface area contributed by atoms with Crippen LogP contribution in [0.25, 0.3) is 0 Å². The number of nitrogens with zero attached hydrogens (tertiary/aromatic N) is 2. The summed E-state index contributed by atoms with van der Waals surface area (Å²) in [5, 5.41) is 13.5. The van der Waals surface area contributed by atoms with Gasteiger partial charge in [-0.25, -0.2) is 9.37 Å². The van der Waals surface area contributed by atoms with E-state index in [2.05, 4.69) is 17.4 Å². The summed E-state index contributed by atoms with van der Waals surface area (Å²) >= 11 is 0. The molecule has 2 N–H and O–H groups in total. The molecule has 2 aromatic rings. The number of aliphatic carboxylic acids is 1. The molecule has 0 spiro atoms. The lowest BCUT2D eigenvalue weighted by Gasteiger charge is -2.27. The molecule has 3 heterocycles. The molecule has 37 heavy (non-hydrogen) atoms. The lowest BCUT2D eigenvalue weighted by atomic mass is 9.95. The molecule has 1 saturated heterocycles. The highest BCUT2D eigenvalue weighted by molar-refractivity contribution is 5.77. The van der Waals surface area contributed by atoms with Crippen LogP contribution in [0.3, 0.4) is 0 Å². The molecule has 0 unspecified atom stereocenters. The maximum atomic E-state index is 14.5. The number of methoxy groups -OCH3 is 1. The number of benzene rings is 1. The summed E-state index contributed by atoms with van der Waals surface area (Å²) in [6.07, 6.45) is 7.09. The standard InChI is InChI=1S/C29H40FN3O4/c1-19(2)23-16-24(26(36-3)17-25(23)30)27(29(34)35)33-14-12-22(18-33)37-15-6-4-5-9-21-11-10-20-8-7-13-31-28(20)32-21/h10-11,16-17,19,22,27H,4-9,12-15,18H2,1-3H3,(H,31,32)(H,34,35)/t22-,27-/m1/s1. The number of fused-ring (bicyclic) bond motifs is 1. The van der Waals surface area contributed by atoms with Gasteiger partial charge >= 0.3 is 5.97 Å². The van der Waals surface area contributed by atoms with E-state index in [1.807, 2.05) is 18.7 Å². The van der Waals surface area contributed by atoms with Crippen molar-refractivity contribution in [3.05, 3.63) is 52.5 Å². The number of halogens is 1. The minimum Gasteiger partial charge on any atom is -0.496 e. The molecular weight excluding hydrogens is 473 g/mol. The van der Waals surface area contributed by atoms with Crippen LogP contribution in [0.15, 0.2) is 24.3 Å². The third kappa shape index (κ3) is 6.79. The highest BCUT2D eigenvalue weighted by atomic mass is 19.1. The zero-order chi connectivity index (χ0) is 26.4. The Bertz CT molecular complexity index is 1080. The van der Waals surface area contributed by atoms with Crippen molar-refractivity contribution in [3.63, 3.8) is 0 Å². The molecule has 0 saturated carbocycles. The third-order valence-corrected chi connectivity index (χ3v) is 7.42. The van der Waals surface area contributed by atoms with E-state index in [-0.39, 0.29) is 23.6 Å². The summed E-state index contributed by atoms with van der Waals surface area (Å²) in [7, 11) is 1.45. The van der Waals surface area contributed by atoms with Gasteiger partial charge in [0.15, 0.2) is 0 Å². The fraction of sp³-hybridized carbons (Fsp3) is 0.586. The second kappa shape index (κ2) is 12.7. The minimum absolute atomic E-state index is 0.00810. The molecule has 0 bridgehead atoms. The minimum atomic E-state index is -0.966. The second-order valence-corrected chi connectivity index (χ2v) is 10.4. The number of ether oxygens (including phenoxy) is 2. The van der Waals surface area contributed by atoms with E-state index in [1.54, 1.807) is 6.07 Å². The van der Waals surface area contributed by atoms with Gasteiger partial charge in [-0.3, -0.25) is 9.69 Å². The molecule has 8 heteroatoms. The number of hydrogen-bond acceptors (Lipinski definition) is 6. The van der Waals surface area contributed by atoms with Gasteiger partial charge in [0, 0.05) is 43.6 Å². The van der Waals surface area contributed by atoms with Crippen LogP contribution < -0.4 is 10.1 Å². The average molecular weight is 514 g/mol. The molecule has 1 aromatic heterocycles. The number of likely N-dealkylation sites (tertiary alicyclic amines) is 1. The predicted molar refractivity (Wildman–Crippen MR) is 142 cm³/mol. The van der Waals surface area contributed by atoms with Crippen LogP contribution in [-0.2, 0) is 22.4 Å². The molecule has 7 nitrogen and oxygen atoms in total. The van der Waals surface area contributed by atoms with Gasteiger partial charge in [0.1, 0.15) is 23.4 Å². The number of carbonyl (C=O) groups is 1. The number of carboxylic acid groups (broad SMARTS) is 1. The highest BCUT2D eigenvalue weighted by Crippen LogP contribution is 2.36. The van der Waals surface area contributed by atoms with E-state index in [1.165, 1.54) is 25.2 Å². The van der Waals surface area contributed by atoms with Crippen molar-refractivity contribution < 1.29 is 23.8 Å². The molecule has 1 fully saturated rings. The first-order valence-electron chi connectivity index (χ1n) is 13.6. The Kier molecular flexibility index (Phi) is 9.38. The summed E-state index contributed by atoms with van der Waals surface area (Å²) in [6.45, 7) is 6.59. The van der Waals surface area contributed by atoms with Crippen molar-refractivity contribution in [2.24, 2.45) is 0 Å². The largest absolute Gasteiger partial charge is 0.496 e. The molecule has 202 valence electrons. The maximum Gasteiger partial charge on any atom is 0.325 e. The molecular formula is C29H40FN3O4. The van der Waals surface area contributed by atoms with Crippen molar-refractivity contribution in [1.29, 1.82) is 0 Å². The fourth-order valence-electron chi connectivity index (χ4n) is 5.38. The van der Waals surface area contributed by atoms with E-state index in [0.29, 0.717) is 30.8 Å². The molecule has 4 rings (SSSR count). The van der Waals surface area contributed by atoms with Crippen molar-refractivity contribution in [1.82, 2.24) is 9.88 Å². The number of nitrogens with one attached hydrogen (secondary N) is 1. The molecule has 2 aliphatic heterocycles. The number of anilines is 1. The van der Waals surface area contributed by atoms with Crippen molar-refractivity contribution in [3.8, 4) is 5.75 Å². The van der Waals surface area contributed by atoms with Gasteiger partial charge in [-0.1, -0.05) is 26.3 Å². The second-order valence-electron chi connectivity index (χ2n) is 10.4. The Balaban J connectivity index is 1.25. The molecule has 1 aromatic carbocycles. The average Bonchev–Trinajstić information content (AvgIpc) is 3.34. The first-order valence-corrected chi connectivity index (χ1v) is 13.6. The number of rotatable bonds is 12. The van der Waals surface area contributed by atoms with Gasteiger partial charge < -0.3 is 19.9 Å². The first-order chi connectivity index (χ1) is 17.9. The SMILES string of the molecule is COc1cc(F)c(C(C)C)cc1[C@H](C(=O)O)N1CC[C@@H](OCCCCCc2ccc3c(n2)NCCC3)C1. The van der Waals surface area contributed by atoms with Crippen LogP contribution in [0.1, 0.15) is 80.3 Å². The van der Waals surface area contributed by atoms with Crippen LogP contribution in [-0.4, -0.2) is 60.4 Å². The first kappa shape index (κ1) is 27.3. The van der Waals surface area contributed by atoms with E-state index in [0.717, 1.165) is 56.6 Å². The van der Waals surface area contributed by atoms with Gasteiger partial charge in [0.25, 0.3) is 0 Å². The van der Waals surface area contributed by atoms with E-state index in [9.17, 15) is 14.3 Å². The Morgan fingerprint density at radius 2 is 2.08 bits per heavy atom. The Labute approximate surface area is 219 Å². The summed E-state index contributed by atoms with van der Waals surface area (Å²) in [5.41, 5.74) is 3.44. The number of carboxylic acids is 1. The Morgan fingerprint density at radius 1 is 1.24 bits per heavy atom.